The van der Waals surface area contributed by atoms with Crippen LogP contribution in [0.25, 0.3) is 16.8 Å². The molecule has 0 radical (unpaired) electrons. The van der Waals surface area contributed by atoms with Gasteiger partial charge in [0.05, 0.1) is 7.11 Å². The minimum atomic E-state index is -0.292. The second-order valence-corrected chi connectivity index (χ2v) is 5.39. The van der Waals surface area contributed by atoms with Crippen LogP contribution in [0, 0.1) is 11.3 Å². The quantitative estimate of drug-likeness (QED) is 0.696. The molecule has 3 rings (SSSR count). The first-order valence-electron chi connectivity index (χ1n) is 7.20. The smallest absolute Gasteiger partial charge is 0.262 e. The topological polar surface area (TPSA) is 62.1 Å². The predicted octanol–water partition coefficient (Wildman–Crippen LogP) is 3.03. The fraction of sp³-hybridized carbons (Fsp3) is 0.222. The Bertz CT molecular complexity index is 798. The fourth-order valence-corrected chi connectivity index (χ4v) is 2.27. The number of hydrogen-bond donors (Lipinski definition) is 1. The van der Waals surface area contributed by atoms with E-state index in [1.165, 1.54) is 0 Å². The van der Waals surface area contributed by atoms with Crippen molar-refractivity contribution in [3.05, 3.63) is 47.5 Å². The maximum Gasteiger partial charge on any atom is 0.262 e. The number of hydrogen-bond acceptors (Lipinski definition) is 3. The van der Waals surface area contributed by atoms with Crippen molar-refractivity contribution in [3.8, 4) is 11.8 Å². The van der Waals surface area contributed by atoms with Crippen molar-refractivity contribution >= 4 is 22.8 Å². The van der Waals surface area contributed by atoms with E-state index in [0.717, 1.165) is 34.9 Å². The van der Waals surface area contributed by atoms with Crippen LogP contribution in [0.1, 0.15) is 18.4 Å². The van der Waals surface area contributed by atoms with Crippen molar-refractivity contribution in [2.45, 2.75) is 18.9 Å². The van der Waals surface area contributed by atoms with Crippen molar-refractivity contribution < 1.29 is 9.53 Å². The molecule has 0 aromatic heterocycles. The summed E-state index contributed by atoms with van der Waals surface area (Å²) in [6.45, 7) is 0. The van der Waals surface area contributed by atoms with Gasteiger partial charge in [-0.15, -0.1) is 0 Å². The predicted molar refractivity (Wildman–Crippen MR) is 85.3 cm³/mol. The summed E-state index contributed by atoms with van der Waals surface area (Å²) in [5.74, 6) is 0.511. The number of nitrogens with zero attached hydrogens (tertiary/aromatic N) is 1. The summed E-state index contributed by atoms with van der Waals surface area (Å²) in [5.41, 5.74) is 0.972. The average molecular weight is 292 g/mol. The van der Waals surface area contributed by atoms with Gasteiger partial charge in [-0.25, -0.2) is 0 Å². The maximum absolute atomic E-state index is 12.0. The van der Waals surface area contributed by atoms with E-state index >= 15 is 0 Å². The number of methoxy groups -OCH3 is 1. The molecule has 1 N–H and O–H groups in total. The fourth-order valence-electron chi connectivity index (χ4n) is 2.27. The van der Waals surface area contributed by atoms with E-state index in [0.29, 0.717) is 0 Å². The van der Waals surface area contributed by atoms with E-state index < -0.39 is 0 Å². The Morgan fingerprint density at radius 3 is 2.68 bits per heavy atom. The molecule has 0 spiro atoms. The van der Waals surface area contributed by atoms with Crippen LogP contribution in [0.4, 0.5) is 0 Å². The van der Waals surface area contributed by atoms with Crippen molar-refractivity contribution in [2.75, 3.05) is 7.11 Å². The van der Waals surface area contributed by atoms with Crippen LogP contribution in [-0.4, -0.2) is 19.1 Å². The summed E-state index contributed by atoms with van der Waals surface area (Å²) in [4.78, 5) is 12.0. The molecule has 0 atom stereocenters. The zero-order valence-electron chi connectivity index (χ0n) is 12.3. The van der Waals surface area contributed by atoms with Gasteiger partial charge in [0.15, 0.2) is 0 Å². The second kappa shape index (κ2) is 5.90. The number of rotatable bonds is 4. The van der Waals surface area contributed by atoms with Crippen LogP contribution < -0.4 is 10.1 Å². The second-order valence-electron chi connectivity index (χ2n) is 5.39. The number of fused-ring (bicyclic) bond motifs is 1. The normalized spacial score (nSPS) is 14.5. The number of carbonyl (C=O) groups is 1. The number of carbonyl (C=O) groups excluding carboxylic acids is 1. The molecule has 1 fully saturated rings. The molecule has 2 aromatic rings. The zero-order valence-corrected chi connectivity index (χ0v) is 12.3. The summed E-state index contributed by atoms with van der Waals surface area (Å²) >= 11 is 0. The van der Waals surface area contributed by atoms with Crippen LogP contribution in [0.15, 0.2) is 42.0 Å². The van der Waals surface area contributed by atoms with E-state index in [1.54, 1.807) is 13.2 Å². The van der Waals surface area contributed by atoms with Gasteiger partial charge in [-0.3, -0.25) is 4.79 Å². The van der Waals surface area contributed by atoms with Crippen LogP contribution in [0.3, 0.4) is 0 Å². The van der Waals surface area contributed by atoms with Crippen LogP contribution in [-0.2, 0) is 4.79 Å². The summed E-state index contributed by atoms with van der Waals surface area (Å²) in [6.07, 6.45) is 3.63. The zero-order chi connectivity index (χ0) is 15.5. The van der Waals surface area contributed by atoms with Crippen LogP contribution in [0.2, 0.25) is 0 Å². The molecule has 0 bridgehead atoms. The molecule has 1 aliphatic carbocycles. The molecule has 1 aliphatic rings. The van der Waals surface area contributed by atoms with Gasteiger partial charge in [0.25, 0.3) is 5.91 Å². The molecular weight excluding hydrogens is 276 g/mol. The van der Waals surface area contributed by atoms with Gasteiger partial charge >= 0.3 is 0 Å². The molecule has 2 aromatic carbocycles. The summed E-state index contributed by atoms with van der Waals surface area (Å²) in [6, 6.07) is 13.8. The first-order chi connectivity index (χ1) is 10.7. The van der Waals surface area contributed by atoms with Gasteiger partial charge in [-0.1, -0.05) is 18.2 Å². The Morgan fingerprint density at radius 1 is 1.27 bits per heavy atom. The lowest BCUT2D eigenvalue weighted by atomic mass is 10.0. The lowest BCUT2D eigenvalue weighted by Crippen LogP contribution is -2.26. The van der Waals surface area contributed by atoms with Crippen LogP contribution >= 0.6 is 0 Å². The van der Waals surface area contributed by atoms with Gasteiger partial charge in [0, 0.05) is 6.04 Å². The largest absolute Gasteiger partial charge is 0.497 e. The van der Waals surface area contributed by atoms with Gasteiger partial charge in [-0.2, -0.15) is 5.26 Å². The maximum atomic E-state index is 12.0. The monoisotopic (exact) mass is 292 g/mol. The number of nitriles is 1. The first kappa shape index (κ1) is 14.2. The molecular formula is C18H16N2O2. The van der Waals surface area contributed by atoms with Crippen molar-refractivity contribution in [2.24, 2.45) is 0 Å². The lowest BCUT2D eigenvalue weighted by Gasteiger charge is -2.04. The number of amides is 1. The van der Waals surface area contributed by atoms with Crippen molar-refractivity contribution in [1.29, 1.82) is 5.26 Å². The Balaban J connectivity index is 1.89. The highest BCUT2D eigenvalue weighted by Gasteiger charge is 2.24. The average Bonchev–Trinajstić information content (AvgIpc) is 3.35. The Kier molecular flexibility index (Phi) is 3.80. The number of nitrogens with one attached hydrogen (secondary N) is 1. The third-order valence-electron chi connectivity index (χ3n) is 3.66. The van der Waals surface area contributed by atoms with E-state index in [1.807, 2.05) is 42.5 Å². The molecule has 0 saturated heterocycles. The van der Waals surface area contributed by atoms with Crippen molar-refractivity contribution in [1.82, 2.24) is 5.32 Å². The summed E-state index contributed by atoms with van der Waals surface area (Å²) in [7, 11) is 1.63. The van der Waals surface area contributed by atoms with E-state index in [-0.39, 0.29) is 17.5 Å². The number of ether oxygens (including phenoxy) is 1. The summed E-state index contributed by atoms with van der Waals surface area (Å²) < 4.78 is 5.20. The molecule has 0 aliphatic heterocycles. The number of benzene rings is 2. The third kappa shape index (κ3) is 3.09. The van der Waals surface area contributed by atoms with Gasteiger partial charge in [0.2, 0.25) is 0 Å². The SMILES string of the molecule is COc1ccc2cc(/C=C(\C#N)C(=O)NC3CC3)ccc2c1. The molecule has 4 heteroatoms. The first-order valence-corrected chi connectivity index (χ1v) is 7.20. The minimum absolute atomic E-state index is 0.139. The molecule has 22 heavy (non-hydrogen) atoms. The molecule has 0 heterocycles. The summed E-state index contributed by atoms with van der Waals surface area (Å²) in [5, 5.41) is 14.1. The third-order valence-corrected chi connectivity index (χ3v) is 3.66. The minimum Gasteiger partial charge on any atom is -0.497 e. The Hall–Kier alpha value is -2.80. The van der Waals surface area contributed by atoms with E-state index in [2.05, 4.69) is 5.32 Å². The van der Waals surface area contributed by atoms with Gasteiger partial charge in [0.1, 0.15) is 17.4 Å². The highest BCUT2D eigenvalue weighted by Crippen LogP contribution is 2.23. The van der Waals surface area contributed by atoms with Crippen LogP contribution in [0.5, 0.6) is 5.75 Å². The molecule has 0 unspecified atom stereocenters. The molecule has 1 amide bonds. The van der Waals surface area contributed by atoms with E-state index in [4.69, 9.17) is 4.74 Å². The standard InChI is InChI=1S/C18H16N2O2/c1-22-17-7-4-13-8-12(2-3-14(13)10-17)9-15(11-19)18(21)20-16-5-6-16/h2-4,7-10,16H,5-6H2,1H3,(H,20,21)/b15-9+. The molecule has 110 valence electrons. The van der Waals surface area contributed by atoms with E-state index in [9.17, 15) is 10.1 Å². The molecule has 4 nitrogen and oxygen atoms in total. The highest BCUT2D eigenvalue weighted by atomic mass is 16.5. The molecule has 1 saturated carbocycles. The lowest BCUT2D eigenvalue weighted by molar-refractivity contribution is -0.117. The highest BCUT2D eigenvalue weighted by molar-refractivity contribution is 6.02. The van der Waals surface area contributed by atoms with Crippen molar-refractivity contribution in [3.63, 3.8) is 0 Å². The van der Waals surface area contributed by atoms with Gasteiger partial charge < -0.3 is 10.1 Å². The van der Waals surface area contributed by atoms with Gasteiger partial charge in [-0.05, 0) is 53.5 Å². The Morgan fingerprint density at radius 2 is 2.00 bits per heavy atom. The Labute approximate surface area is 129 Å².